The molecule has 2 heteroatoms. The molecule has 0 bridgehead atoms. The van der Waals surface area contributed by atoms with Crippen LogP contribution in [0.1, 0.15) is 59.3 Å². The Balaban J connectivity index is 2.48. The van der Waals surface area contributed by atoms with Crippen molar-refractivity contribution in [3.05, 3.63) is 12.7 Å². The fourth-order valence-electron chi connectivity index (χ4n) is 2.72. The van der Waals surface area contributed by atoms with Gasteiger partial charge in [0.05, 0.1) is 0 Å². The quantitative estimate of drug-likeness (QED) is 0.744. The van der Waals surface area contributed by atoms with Crippen molar-refractivity contribution in [3.63, 3.8) is 0 Å². The van der Waals surface area contributed by atoms with Gasteiger partial charge in [-0.25, -0.2) is 0 Å². The van der Waals surface area contributed by atoms with Crippen LogP contribution in [0.25, 0.3) is 0 Å². The second-order valence-corrected chi connectivity index (χ2v) is 6.58. The molecule has 0 atom stereocenters. The maximum Gasteiger partial charge on any atom is 0.0166 e. The summed E-state index contributed by atoms with van der Waals surface area (Å²) in [6.07, 6.45) is 9.53. The Hall–Kier alpha value is -0.340. The summed E-state index contributed by atoms with van der Waals surface area (Å²) in [5.74, 6) is 0. The van der Waals surface area contributed by atoms with Gasteiger partial charge in [-0.05, 0) is 40.0 Å². The highest BCUT2D eigenvalue weighted by Crippen LogP contribution is 2.29. The molecule has 1 saturated carbocycles. The molecule has 0 aromatic heterocycles. The Labute approximate surface area is 107 Å². The Bertz CT molecular complexity index is 234. The molecule has 0 heterocycles. The monoisotopic (exact) mass is 238 g/mol. The minimum absolute atomic E-state index is 0.100. The molecule has 0 aromatic carbocycles. The van der Waals surface area contributed by atoms with Gasteiger partial charge in [-0.1, -0.05) is 25.3 Å². The van der Waals surface area contributed by atoms with E-state index in [0.29, 0.717) is 0 Å². The van der Waals surface area contributed by atoms with Gasteiger partial charge in [-0.15, -0.1) is 6.58 Å². The van der Waals surface area contributed by atoms with Crippen LogP contribution in [-0.4, -0.2) is 29.1 Å². The summed E-state index contributed by atoms with van der Waals surface area (Å²) in [4.78, 5) is 2.48. The van der Waals surface area contributed by atoms with Crippen LogP contribution in [0.5, 0.6) is 0 Å². The van der Waals surface area contributed by atoms with Gasteiger partial charge in [0.25, 0.3) is 0 Å². The Morgan fingerprint density at radius 3 is 2.29 bits per heavy atom. The molecule has 2 N–H and O–H groups in total. The van der Waals surface area contributed by atoms with Gasteiger partial charge in [0, 0.05) is 24.2 Å². The molecule has 1 aliphatic rings. The number of nitrogens with two attached hydrogens (primary N) is 1. The van der Waals surface area contributed by atoms with Crippen LogP contribution in [-0.2, 0) is 0 Å². The summed E-state index contributed by atoms with van der Waals surface area (Å²) < 4.78 is 0. The zero-order valence-corrected chi connectivity index (χ0v) is 12.0. The maximum absolute atomic E-state index is 6.49. The topological polar surface area (TPSA) is 29.3 Å². The van der Waals surface area contributed by atoms with Crippen molar-refractivity contribution in [1.82, 2.24) is 4.90 Å². The molecule has 1 fully saturated rings. The number of rotatable bonds is 5. The lowest BCUT2D eigenvalue weighted by Gasteiger charge is -2.39. The molecule has 0 amide bonds. The predicted molar refractivity (Wildman–Crippen MR) is 76.1 cm³/mol. The van der Waals surface area contributed by atoms with E-state index in [4.69, 9.17) is 5.73 Å². The van der Waals surface area contributed by atoms with Crippen molar-refractivity contribution in [2.75, 3.05) is 13.1 Å². The van der Waals surface area contributed by atoms with E-state index in [2.05, 4.69) is 32.3 Å². The molecule has 1 rings (SSSR count). The van der Waals surface area contributed by atoms with Gasteiger partial charge in [-0.2, -0.15) is 0 Å². The van der Waals surface area contributed by atoms with Crippen molar-refractivity contribution >= 4 is 0 Å². The lowest BCUT2D eigenvalue weighted by Crippen LogP contribution is -2.48. The molecule has 0 radical (unpaired) electrons. The molecule has 17 heavy (non-hydrogen) atoms. The summed E-state index contributed by atoms with van der Waals surface area (Å²) in [6, 6.07) is 0. The lowest BCUT2D eigenvalue weighted by molar-refractivity contribution is 0.130. The van der Waals surface area contributed by atoms with Crippen LogP contribution in [0, 0.1) is 0 Å². The number of nitrogens with zero attached hydrogens (tertiary/aromatic N) is 1. The van der Waals surface area contributed by atoms with Crippen LogP contribution in [0.2, 0.25) is 0 Å². The average molecular weight is 238 g/mol. The van der Waals surface area contributed by atoms with Gasteiger partial charge in [-0.3, -0.25) is 4.90 Å². The van der Waals surface area contributed by atoms with Crippen molar-refractivity contribution in [3.8, 4) is 0 Å². The highest BCUT2D eigenvalue weighted by Gasteiger charge is 2.29. The van der Waals surface area contributed by atoms with Crippen molar-refractivity contribution in [2.24, 2.45) is 5.73 Å². The van der Waals surface area contributed by atoms with E-state index in [-0.39, 0.29) is 11.1 Å². The van der Waals surface area contributed by atoms with Crippen molar-refractivity contribution in [1.29, 1.82) is 0 Å². The zero-order chi connectivity index (χ0) is 12.9. The van der Waals surface area contributed by atoms with Gasteiger partial charge in [0.2, 0.25) is 0 Å². The predicted octanol–water partition coefficient (Wildman–Crippen LogP) is 3.32. The third-order valence-electron chi connectivity index (χ3n) is 4.03. The van der Waals surface area contributed by atoms with Crippen LogP contribution >= 0.6 is 0 Å². The molecular formula is C15H30N2. The van der Waals surface area contributed by atoms with E-state index in [1.165, 1.54) is 32.1 Å². The fourth-order valence-corrected chi connectivity index (χ4v) is 2.72. The third-order valence-corrected chi connectivity index (χ3v) is 4.03. The molecule has 0 unspecified atom stereocenters. The second-order valence-electron chi connectivity index (χ2n) is 6.58. The van der Waals surface area contributed by atoms with E-state index in [0.717, 1.165) is 19.5 Å². The number of hydrogen-bond acceptors (Lipinski definition) is 2. The Morgan fingerprint density at radius 2 is 1.82 bits per heavy atom. The van der Waals surface area contributed by atoms with E-state index >= 15 is 0 Å². The molecule has 0 aromatic rings. The molecule has 0 saturated heterocycles. The second kappa shape index (κ2) is 6.01. The van der Waals surface area contributed by atoms with Crippen molar-refractivity contribution in [2.45, 2.75) is 70.4 Å². The first-order valence-electron chi connectivity index (χ1n) is 7.02. The fraction of sp³-hybridized carbons (Fsp3) is 0.867. The first-order chi connectivity index (χ1) is 7.87. The molecule has 100 valence electrons. The maximum atomic E-state index is 6.49. The highest BCUT2D eigenvalue weighted by molar-refractivity contribution is 4.90. The van der Waals surface area contributed by atoms with Gasteiger partial charge >= 0.3 is 0 Å². The normalized spacial score (nSPS) is 20.5. The zero-order valence-electron chi connectivity index (χ0n) is 12.0. The van der Waals surface area contributed by atoms with E-state index in [9.17, 15) is 0 Å². The van der Waals surface area contributed by atoms with Gasteiger partial charge < -0.3 is 5.73 Å². The minimum Gasteiger partial charge on any atom is -0.325 e. The summed E-state index contributed by atoms with van der Waals surface area (Å²) in [5.41, 5.74) is 6.80. The largest absolute Gasteiger partial charge is 0.325 e. The van der Waals surface area contributed by atoms with Crippen LogP contribution in [0.15, 0.2) is 12.7 Å². The van der Waals surface area contributed by atoms with E-state index in [1.54, 1.807) is 0 Å². The first kappa shape index (κ1) is 14.7. The smallest absolute Gasteiger partial charge is 0.0166 e. The lowest BCUT2D eigenvalue weighted by atomic mass is 9.80. The van der Waals surface area contributed by atoms with E-state index < -0.39 is 0 Å². The Kier molecular flexibility index (Phi) is 5.21. The summed E-state index contributed by atoms with van der Waals surface area (Å²) >= 11 is 0. The Morgan fingerprint density at radius 1 is 1.24 bits per heavy atom. The first-order valence-corrected chi connectivity index (χ1v) is 7.02. The van der Waals surface area contributed by atoms with Gasteiger partial charge in [0.15, 0.2) is 0 Å². The third kappa shape index (κ3) is 4.81. The molecule has 0 aliphatic heterocycles. The minimum atomic E-state index is 0.100. The number of hydrogen-bond donors (Lipinski definition) is 1. The summed E-state index contributed by atoms with van der Waals surface area (Å²) in [7, 11) is 0. The standard InChI is InChI=1S/C15H30N2/c1-5-12-17(14(2,3)4)13-11-15(16)9-7-6-8-10-15/h5H,1,6-13,16H2,2-4H3. The molecule has 2 nitrogen and oxygen atoms in total. The molecular weight excluding hydrogens is 208 g/mol. The van der Waals surface area contributed by atoms with Crippen LogP contribution in [0.4, 0.5) is 0 Å². The SMILES string of the molecule is C=CCN(CCC1(N)CCCCC1)C(C)(C)C. The van der Waals surface area contributed by atoms with Crippen LogP contribution in [0.3, 0.4) is 0 Å². The summed E-state index contributed by atoms with van der Waals surface area (Å²) in [6.45, 7) is 12.7. The molecule has 1 aliphatic carbocycles. The molecule has 0 spiro atoms. The summed E-state index contributed by atoms with van der Waals surface area (Å²) in [5, 5.41) is 0. The highest BCUT2D eigenvalue weighted by atomic mass is 15.2. The van der Waals surface area contributed by atoms with Crippen molar-refractivity contribution < 1.29 is 0 Å². The van der Waals surface area contributed by atoms with Crippen LogP contribution < -0.4 is 5.73 Å². The van der Waals surface area contributed by atoms with E-state index in [1.807, 2.05) is 6.08 Å². The average Bonchev–Trinajstić information content (AvgIpc) is 2.23. The van der Waals surface area contributed by atoms with Gasteiger partial charge in [0.1, 0.15) is 0 Å².